The van der Waals surface area contributed by atoms with Crippen molar-refractivity contribution in [1.29, 1.82) is 0 Å². The molecule has 0 saturated carbocycles. The Morgan fingerprint density at radius 1 is 1.67 bits per heavy atom. The Morgan fingerprint density at radius 2 is 2.33 bits per heavy atom. The smallest absolute Gasteiger partial charge is 0.265 e. The zero-order valence-electron chi connectivity index (χ0n) is 6.85. The second-order valence-corrected chi connectivity index (χ2v) is 3.49. The molecule has 0 fully saturated rings. The van der Waals surface area contributed by atoms with Gasteiger partial charge in [0.25, 0.3) is 5.91 Å². The maximum atomic E-state index is 11.7. The summed E-state index contributed by atoms with van der Waals surface area (Å²) in [6, 6.07) is 0. The molecular weight excluding hydrogens is 179 g/mol. The Balaban J connectivity index is 2.87. The van der Waals surface area contributed by atoms with Crippen LogP contribution in [0.1, 0.15) is 20.4 Å². The monoisotopic (exact) mass is 188 g/mol. The minimum absolute atomic E-state index is 0.388. The van der Waals surface area contributed by atoms with Gasteiger partial charge in [0.2, 0.25) is 0 Å². The minimum Gasteiger partial charge on any atom is -0.324 e. The number of nitrogens with one attached hydrogen (secondary N) is 1. The Labute approximate surface area is 73.6 Å². The number of aromatic nitrogens is 1. The van der Waals surface area contributed by atoms with Crippen molar-refractivity contribution in [3.63, 3.8) is 0 Å². The van der Waals surface area contributed by atoms with Gasteiger partial charge >= 0.3 is 0 Å². The van der Waals surface area contributed by atoms with Gasteiger partial charge in [-0.15, -0.1) is 11.3 Å². The summed E-state index contributed by atoms with van der Waals surface area (Å²) < 4.78 is 11.7. The maximum absolute atomic E-state index is 11.7. The quantitative estimate of drug-likeness (QED) is 0.713. The van der Waals surface area contributed by atoms with Crippen molar-refractivity contribution < 1.29 is 9.18 Å². The third-order valence-corrected chi connectivity index (χ3v) is 2.41. The third-order valence-electron chi connectivity index (χ3n) is 1.34. The van der Waals surface area contributed by atoms with Crippen LogP contribution >= 0.6 is 11.3 Å². The summed E-state index contributed by atoms with van der Waals surface area (Å²) in [5, 5.41) is 2.90. The number of rotatable bonds is 2. The highest BCUT2D eigenvalue weighted by Gasteiger charge is 2.12. The Bertz CT molecular complexity index is 298. The van der Waals surface area contributed by atoms with Crippen LogP contribution in [0.25, 0.3) is 0 Å². The number of thiazole rings is 1. The SMILES string of the molecule is Cc1nc(C)c(C(=O)NCF)s1. The van der Waals surface area contributed by atoms with Crippen LogP contribution in [0.2, 0.25) is 0 Å². The highest BCUT2D eigenvalue weighted by atomic mass is 32.1. The largest absolute Gasteiger partial charge is 0.324 e. The van der Waals surface area contributed by atoms with Crippen molar-refractivity contribution >= 4 is 17.2 Å². The molecule has 1 heterocycles. The van der Waals surface area contributed by atoms with Gasteiger partial charge in [0.1, 0.15) is 4.88 Å². The van der Waals surface area contributed by atoms with E-state index in [1.165, 1.54) is 11.3 Å². The predicted octanol–water partition coefficient (Wildman–Crippen LogP) is 1.42. The van der Waals surface area contributed by atoms with Gasteiger partial charge in [-0.1, -0.05) is 0 Å². The fourth-order valence-electron chi connectivity index (χ4n) is 0.883. The zero-order valence-corrected chi connectivity index (χ0v) is 7.67. The summed E-state index contributed by atoms with van der Waals surface area (Å²) in [6.07, 6.45) is 0. The van der Waals surface area contributed by atoms with Gasteiger partial charge in [0.15, 0.2) is 6.80 Å². The highest BCUT2D eigenvalue weighted by Crippen LogP contribution is 2.16. The summed E-state index contributed by atoms with van der Waals surface area (Å²) in [4.78, 5) is 15.6. The number of nitrogens with zero attached hydrogens (tertiary/aromatic N) is 1. The lowest BCUT2D eigenvalue weighted by molar-refractivity contribution is 0.0940. The molecule has 0 spiro atoms. The van der Waals surface area contributed by atoms with Gasteiger partial charge in [0, 0.05) is 0 Å². The Hall–Kier alpha value is -0.970. The lowest BCUT2D eigenvalue weighted by Gasteiger charge is -1.96. The predicted molar refractivity (Wildman–Crippen MR) is 45.0 cm³/mol. The van der Waals surface area contributed by atoms with Crippen LogP contribution in [-0.2, 0) is 0 Å². The summed E-state index contributed by atoms with van der Waals surface area (Å²) in [6.45, 7) is 2.70. The molecule has 1 rings (SSSR count). The molecule has 66 valence electrons. The lowest BCUT2D eigenvalue weighted by atomic mass is 10.4. The molecule has 0 saturated heterocycles. The van der Waals surface area contributed by atoms with E-state index < -0.39 is 6.80 Å². The van der Waals surface area contributed by atoms with Crippen molar-refractivity contribution in [2.75, 3.05) is 6.80 Å². The second-order valence-electron chi connectivity index (χ2n) is 2.29. The van der Waals surface area contributed by atoms with Crippen LogP contribution in [0.15, 0.2) is 0 Å². The van der Waals surface area contributed by atoms with Gasteiger partial charge in [-0.25, -0.2) is 9.37 Å². The van der Waals surface area contributed by atoms with Crippen LogP contribution in [0, 0.1) is 13.8 Å². The standard InChI is InChI=1S/C7H9FN2OS/c1-4-6(7(11)9-3-8)12-5(2)10-4/h3H2,1-2H3,(H,9,11). The molecular formula is C7H9FN2OS. The molecule has 0 bridgehead atoms. The molecule has 0 atom stereocenters. The number of hydrogen-bond acceptors (Lipinski definition) is 3. The summed E-state index contributed by atoms with van der Waals surface area (Å²) in [5.41, 5.74) is 0.656. The first kappa shape index (κ1) is 9.12. The highest BCUT2D eigenvalue weighted by molar-refractivity contribution is 7.13. The Kier molecular flexibility index (Phi) is 2.75. The van der Waals surface area contributed by atoms with E-state index in [2.05, 4.69) is 10.3 Å². The first-order valence-corrected chi connectivity index (χ1v) is 4.25. The van der Waals surface area contributed by atoms with Gasteiger partial charge in [-0.2, -0.15) is 0 Å². The van der Waals surface area contributed by atoms with Gasteiger partial charge in [0.05, 0.1) is 10.7 Å². The maximum Gasteiger partial charge on any atom is 0.265 e. The van der Waals surface area contributed by atoms with Crippen LogP contribution in [0.5, 0.6) is 0 Å². The average Bonchev–Trinajstić information content (AvgIpc) is 2.30. The van der Waals surface area contributed by atoms with E-state index in [1.54, 1.807) is 6.92 Å². The topological polar surface area (TPSA) is 42.0 Å². The number of halogens is 1. The van der Waals surface area contributed by atoms with Crippen LogP contribution in [0.3, 0.4) is 0 Å². The molecule has 1 aromatic heterocycles. The molecule has 0 radical (unpaired) electrons. The van der Waals surface area contributed by atoms with E-state index in [0.717, 1.165) is 5.01 Å². The first-order valence-electron chi connectivity index (χ1n) is 3.43. The molecule has 3 nitrogen and oxygen atoms in total. The minimum atomic E-state index is -0.838. The van der Waals surface area contributed by atoms with Crippen LogP contribution in [-0.4, -0.2) is 17.7 Å². The molecule has 1 amide bonds. The molecule has 1 aromatic rings. The molecule has 0 aliphatic heterocycles. The lowest BCUT2D eigenvalue weighted by Crippen LogP contribution is -2.21. The normalized spacial score (nSPS) is 9.92. The molecule has 0 aliphatic rings. The summed E-state index contributed by atoms with van der Waals surface area (Å²) in [7, 11) is 0. The summed E-state index contributed by atoms with van der Waals surface area (Å²) >= 11 is 1.27. The third kappa shape index (κ3) is 1.79. The fraction of sp³-hybridized carbons (Fsp3) is 0.429. The van der Waals surface area contributed by atoms with E-state index in [9.17, 15) is 9.18 Å². The fourth-order valence-corrected chi connectivity index (χ4v) is 1.72. The molecule has 12 heavy (non-hydrogen) atoms. The van der Waals surface area contributed by atoms with Crippen molar-refractivity contribution in [1.82, 2.24) is 10.3 Å². The van der Waals surface area contributed by atoms with E-state index in [0.29, 0.717) is 10.6 Å². The van der Waals surface area contributed by atoms with Crippen LogP contribution in [0.4, 0.5) is 4.39 Å². The Morgan fingerprint density at radius 3 is 2.75 bits per heavy atom. The van der Waals surface area contributed by atoms with E-state index >= 15 is 0 Å². The molecule has 0 aromatic carbocycles. The second kappa shape index (κ2) is 3.62. The summed E-state index contributed by atoms with van der Waals surface area (Å²) in [5.74, 6) is -0.388. The van der Waals surface area contributed by atoms with E-state index in [4.69, 9.17) is 0 Å². The molecule has 0 unspecified atom stereocenters. The van der Waals surface area contributed by atoms with Crippen LogP contribution < -0.4 is 5.32 Å². The number of carbonyl (C=O) groups is 1. The number of aryl methyl sites for hydroxylation is 2. The van der Waals surface area contributed by atoms with Crippen molar-refractivity contribution in [3.8, 4) is 0 Å². The number of amides is 1. The van der Waals surface area contributed by atoms with Crippen molar-refractivity contribution in [2.45, 2.75) is 13.8 Å². The first-order chi connectivity index (χ1) is 5.65. The number of carbonyl (C=O) groups excluding carboxylic acids is 1. The van der Waals surface area contributed by atoms with Crippen molar-refractivity contribution in [3.05, 3.63) is 15.6 Å². The van der Waals surface area contributed by atoms with E-state index in [-0.39, 0.29) is 5.91 Å². The number of alkyl halides is 1. The molecule has 5 heteroatoms. The molecule has 1 N–H and O–H groups in total. The average molecular weight is 188 g/mol. The zero-order chi connectivity index (χ0) is 9.14. The van der Waals surface area contributed by atoms with Gasteiger partial charge in [-0.05, 0) is 13.8 Å². The van der Waals surface area contributed by atoms with E-state index in [1.807, 2.05) is 6.92 Å². The van der Waals surface area contributed by atoms with Gasteiger partial charge < -0.3 is 5.32 Å². The van der Waals surface area contributed by atoms with Crippen molar-refractivity contribution in [2.24, 2.45) is 0 Å². The number of hydrogen-bond donors (Lipinski definition) is 1. The van der Waals surface area contributed by atoms with Gasteiger partial charge in [-0.3, -0.25) is 4.79 Å². The molecule has 0 aliphatic carbocycles.